The third-order valence-corrected chi connectivity index (χ3v) is 5.19. The van der Waals surface area contributed by atoms with E-state index in [1.165, 1.54) is 37.1 Å². The van der Waals surface area contributed by atoms with Crippen molar-refractivity contribution in [1.82, 2.24) is 0 Å². The molecule has 1 aliphatic heterocycles. The van der Waals surface area contributed by atoms with E-state index < -0.39 is 6.10 Å². The standard InChI is InChI=1S/C21H28NO2/c1-2-22(14-6-7-15-22)16-20(23)17-24-21-12-10-19(11-13-21)18-8-4-3-5-9-18/h3-5,8-13,20,23H,2,6-7,14-17H2,1H3/q+1/t20-/m1/s1. The molecule has 1 atom stereocenters. The molecule has 0 aromatic heterocycles. The minimum absolute atomic E-state index is 0.366. The van der Waals surface area contributed by atoms with Crippen LogP contribution in [0.25, 0.3) is 11.1 Å². The lowest BCUT2D eigenvalue weighted by Crippen LogP contribution is -2.50. The zero-order valence-electron chi connectivity index (χ0n) is 14.5. The summed E-state index contributed by atoms with van der Waals surface area (Å²) in [4.78, 5) is 0. The number of aliphatic hydroxyl groups is 1. The second-order valence-electron chi connectivity index (χ2n) is 6.85. The van der Waals surface area contributed by atoms with Gasteiger partial charge in [0, 0.05) is 12.8 Å². The highest BCUT2D eigenvalue weighted by Crippen LogP contribution is 2.23. The number of nitrogens with zero attached hydrogens (tertiary/aromatic N) is 1. The molecule has 2 aromatic carbocycles. The summed E-state index contributed by atoms with van der Waals surface area (Å²) >= 11 is 0. The molecule has 0 unspecified atom stereocenters. The minimum Gasteiger partial charge on any atom is -0.491 e. The lowest BCUT2D eigenvalue weighted by molar-refractivity contribution is -0.917. The van der Waals surface area contributed by atoms with Crippen LogP contribution in [0.1, 0.15) is 19.8 Å². The SMILES string of the molecule is CC[N+]1(C[C@@H](O)COc2ccc(-c3ccccc3)cc2)CCCC1. The highest BCUT2D eigenvalue weighted by atomic mass is 16.5. The fourth-order valence-corrected chi connectivity index (χ4v) is 3.70. The maximum atomic E-state index is 10.4. The lowest BCUT2D eigenvalue weighted by atomic mass is 10.1. The monoisotopic (exact) mass is 326 g/mol. The van der Waals surface area contributed by atoms with Crippen molar-refractivity contribution < 1.29 is 14.3 Å². The van der Waals surface area contributed by atoms with Gasteiger partial charge in [-0.2, -0.15) is 0 Å². The van der Waals surface area contributed by atoms with Gasteiger partial charge in [-0.3, -0.25) is 0 Å². The van der Waals surface area contributed by atoms with Gasteiger partial charge >= 0.3 is 0 Å². The molecular weight excluding hydrogens is 298 g/mol. The summed E-state index contributed by atoms with van der Waals surface area (Å²) in [7, 11) is 0. The summed E-state index contributed by atoms with van der Waals surface area (Å²) < 4.78 is 6.84. The van der Waals surface area contributed by atoms with Gasteiger partial charge in [-0.15, -0.1) is 0 Å². The number of quaternary nitrogens is 1. The number of hydrogen-bond donors (Lipinski definition) is 1. The fraction of sp³-hybridized carbons (Fsp3) is 0.429. The van der Waals surface area contributed by atoms with Gasteiger partial charge in [-0.05, 0) is 30.2 Å². The summed E-state index contributed by atoms with van der Waals surface area (Å²) in [5.74, 6) is 0.818. The van der Waals surface area contributed by atoms with Crippen molar-refractivity contribution in [2.24, 2.45) is 0 Å². The molecule has 1 fully saturated rings. The average molecular weight is 326 g/mol. The molecular formula is C21H28NO2+. The number of ether oxygens (including phenoxy) is 1. The number of likely N-dealkylation sites (tertiary alicyclic amines) is 1. The smallest absolute Gasteiger partial charge is 0.137 e. The zero-order valence-corrected chi connectivity index (χ0v) is 14.5. The van der Waals surface area contributed by atoms with Crippen LogP contribution in [0.4, 0.5) is 0 Å². The quantitative estimate of drug-likeness (QED) is 0.786. The molecule has 1 N–H and O–H groups in total. The van der Waals surface area contributed by atoms with Gasteiger partial charge in [0.1, 0.15) is 25.0 Å². The molecule has 0 radical (unpaired) electrons. The average Bonchev–Trinajstić information content (AvgIpc) is 3.10. The second-order valence-corrected chi connectivity index (χ2v) is 6.85. The van der Waals surface area contributed by atoms with Crippen LogP contribution in [0.5, 0.6) is 5.75 Å². The molecule has 1 saturated heterocycles. The molecule has 3 heteroatoms. The lowest BCUT2D eigenvalue weighted by Gasteiger charge is -2.34. The van der Waals surface area contributed by atoms with Crippen molar-refractivity contribution in [1.29, 1.82) is 0 Å². The van der Waals surface area contributed by atoms with Crippen LogP contribution < -0.4 is 4.74 Å². The van der Waals surface area contributed by atoms with E-state index >= 15 is 0 Å². The Morgan fingerprint density at radius 2 is 1.58 bits per heavy atom. The van der Waals surface area contributed by atoms with E-state index in [9.17, 15) is 5.11 Å². The van der Waals surface area contributed by atoms with Crippen molar-refractivity contribution in [2.75, 3.05) is 32.8 Å². The first-order chi connectivity index (χ1) is 11.7. The molecule has 0 saturated carbocycles. The number of likely N-dealkylation sites (N-methyl/N-ethyl adjacent to an activating group) is 1. The largest absolute Gasteiger partial charge is 0.491 e. The van der Waals surface area contributed by atoms with Crippen LogP contribution in [0.15, 0.2) is 54.6 Å². The Morgan fingerprint density at radius 1 is 0.958 bits per heavy atom. The third kappa shape index (κ3) is 4.16. The van der Waals surface area contributed by atoms with Crippen molar-refractivity contribution in [3.05, 3.63) is 54.6 Å². The molecule has 1 heterocycles. The van der Waals surface area contributed by atoms with E-state index in [4.69, 9.17) is 4.74 Å². The maximum absolute atomic E-state index is 10.4. The Balaban J connectivity index is 1.53. The van der Waals surface area contributed by atoms with Gasteiger partial charge in [0.05, 0.1) is 19.6 Å². The second kappa shape index (κ2) is 7.82. The summed E-state index contributed by atoms with van der Waals surface area (Å²) in [6.45, 7) is 6.88. The Kier molecular flexibility index (Phi) is 5.54. The van der Waals surface area contributed by atoms with Crippen molar-refractivity contribution >= 4 is 0 Å². The molecule has 24 heavy (non-hydrogen) atoms. The van der Waals surface area contributed by atoms with Crippen LogP contribution in [-0.4, -0.2) is 48.5 Å². The van der Waals surface area contributed by atoms with E-state index in [1.54, 1.807) is 0 Å². The van der Waals surface area contributed by atoms with Crippen molar-refractivity contribution in [3.8, 4) is 16.9 Å². The number of rotatable bonds is 7. The molecule has 1 aliphatic rings. The number of benzene rings is 2. The van der Waals surface area contributed by atoms with Crippen LogP contribution in [0, 0.1) is 0 Å². The number of aliphatic hydroxyl groups excluding tert-OH is 1. The van der Waals surface area contributed by atoms with Gasteiger partial charge in [-0.25, -0.2) is 0 Å². The zero-order chi connectivity index (χ0) is 16.8. The van der Waals surface area contributed by atoms with Gasteiger partial charge in [-0.1, -0.05) is 42.5 Å². The summed E-state index contributed by atoms with van der Waals surface area (Å²) in [5, 5.41) is 10.4. The Labute approximate surface area is 145 Å². The van der Waals surface area contributed by atoms with E-state index in [0.717, 1.165) is 23.3 Å². The van der Waals surface area contributed by atoms with Crippen molar-refractivity contribution in [2.45, 2.75) is 25.9 Å². The Bertz CT molecular complexity index is 618. The normalized spacial score (nSPS) is 17.6. The highest BCUT2D eigenvalue weighted by Gasteiger charge is 2.32. The molecule has 2 aromatic rings. The van der Waals surface area contributed by atoms with E-state index in [2.05, 4.69) is 31.2 Å². The highest BCUT2D eigenvalue weighted by molar-refractivity contribution is 5.63. The summed E-state index contributed by atoms with van der Waals surface area (Å²) in [6, 6.07) is 18.4. The third-order valence-electron chi connectivity index (χ3n) is 5.19. The van der Waals surface area contributed by atoms with Crippen LogP contribution in [0.3, 0.4) is 0 Å². The maximum Gasteiger partial charge on any atom is 0.137 e. The molecule has 0 spiro atoms. The Hall–Kier alpha value is -1.84. The molecule has 0 bridgehead atoms. The first-order valence-electron chi connectivity index (χ1n) is 9.02. The topological polar surface area (TPSA) is 29.5 Å². The van der Waals surface area contributed by atoms with Crippen LogP contribution in [0.2, 0.25) is 0 Å². The summed E-state index contributed by atoms with van der Waals surface area (Å²) in [6.07, 6.45) is 2.15. The van der Waals surface area contributed by atoms with Gasteiger partial charge in [0.25, 0.3) is 0 Å². The van der Waals surface area contributed by atoms with E-state index in [-0.39, 0.29) is 0 Å². The van der Waals surface area contributed by atoms with Gasteiger partial charge in [0.15, 0.2) is 0 Å². The summed E-state index contributed by atoms with van der Waals surface area (Å²) in [5.41, 5.74) is 2.38. The molecule has 0 amide bonds. The fourth-order valence-electron chi connectivity index (χ4n) is 3.70. The molecule has 3 rings (SSSR count). The van der Waals surface area contributed by atoms with E-state index in [1.807, 2.05) is 30.3 Å². The van der Waals surface area contributed by atoms with Gasteiger partial charge in [0.2, 0.25) is 0 Å². The molecule has 128 valence electrons. The van der Waals surface area contributed by atoms with Crippen LogP contribution >= 0.6 is 0 Å². The molecule has 0 aliphatic carbocycles. The predicted molar refractivity (Wildman–Crippen MR) is 98.0 cm³/mol. The first-order valence-corrected chi connectivity index (χ1v) is 9.02. The number of hydrogen-bond acceptors (Lipinski definition) is 2. The minimum atomic E-state index is -0.406. The Morgan fingerprint density at radius 3 is 2.21 bits per heavy atom. The van der Waals surface area contributed by atoms with Crippen LogP contribution in [-0.2, 0) is 0 Å². The molecule has 3 nitrogen and oxygen atoms in total. The first kappa shape index (κ1) is 17.0. The van der Waals surface area contributed by atoms with Gasteiger partial charge < -0.3 is 14.3 Å². The van der Waals surface area contributed by atoms with Crippen molar-refractivity contribution in [3.63, 3.8) is 0 Å². The van der Waals surface area contributed by atoms with E-state index in [0.29, 0.717) is 6.61 Å². The predicted octanol–water partition coefficient (Wildman–Crippen LogP) is 3.72.